The molecule has 3 aromatic carbocycles. The molecule has 1 atom stereocenters. The lowest BCUT2D eigenvalue weighted by atomic mass is 10.0. The molecule has 0 amide bonds. The number of aromatic nitrogens is 2. The van der Waals surface area contributed by atoms with Crippen LogP contribution in [0.15, 0.2) is 85.1 Å². The third-order valence-corrected chi connectivity index (χ3v) is 5.83. The van der Waals surface area contributed by atoms with E-state index in [2.05, 4.69) is 34.3 Å². The minimum absolute atomic E-state index is 0.270. The number of aliphatic hydroxyl groups is 1. The van der Waals surface area contributed by atoms with Crippen LogP contribution in [0.5, 0.6) is 0 Å². The molecular formula is C26H24FN3O. The zero-order chi connectivity index (χ0) is 21.2. The van der Waals surface area contributed by atoms with Gasteiger partial charge in [0, 0.05) is 30.8 Å². The summed E-state index contributed by atoms with van der Waals surface area (Å²) in [7, 11) is 0. The summed E-state index contributed by atoms with van der Waals surface area (Å²) in [6.45, 7) is 2.09. The van der Waals surface area contributed by atoms with Gasteiger partial charge in [-0.3, -0.25) is 4.90 Å². The van der Waals surface area contributed by atoms with Crippen molar-refractivity contribution in [2.24, 2.45) is 0 Å². The molecule has 5 heteroatoms. The van der Waals surface area contributed by atoms with Crippen molar-refractivity contribution in [3.63, 3.8) is 0 Å². The maximum absolute atomic E-state index is 14.8. The van der Waals surface area contributed by atoms with Crippen LogP contribution in [-0.4, -0.2) is 39.0 Å². The van der Waals surface area contributed by atoms with Crippen LogP contribution in [0.1, 0.15) is 12.0 Å². The van der Waals surface area contributed by atoms with Crippen LogP contribution >= 0.6 is 0 Å². The Kier molecular flexibility index (Phi) is 5.37. The monoisotopic (exact) mass is 413 g/mol. The topological polar surface area (TPSA) is 41.3 Å². The Labute approximate surface area is 181 Å². The van der Waals surface area contributed by atoms with Crippen molar-refractivity contribution in [2.75, 3.05) is 13.1 Å². The minimum atomic E-state index is -0.294. The largest absolute Gasteiger partial charge is 0.392 e. The summed E-state index contributed by atoms with van der Waals surface area (Å²) in [4.78, 5) is 2.19. The third kappa shape index (κ3) is 4.02. The van der Waals surface area contributed by atoms with Crippen molar-refractivity contribution in [1.29, 1.82) is 0 Å². The summed E-state index contributed by atoms with van der Waals surface area (Å²) in [5.74, 6) is -0.270. The predicted octanol–water partition coefficient (Wildman–Crippen LogP) is 4.91. The van der Waals surface area contributed by atoms with Gasteiger partial charge in [-0.15, -0.1) is 0 Å². The number of rotatable bonds is 5. The lowest BCUT2D eigenvalue weighted by Gasteiger charge is -2.16. The summed E-state index contributed by atoms with van der Waals surface area (Å²) < 4.78 is 16.6. The van der Waals surface area contributed by atoms with Gasteiger partial charge in [0.1, 0.15) is 5.82 Å². The van der Waals surface area contributed by atoms with E-state index in [1.54, 1.807) is 12.1 Å². The van der Waals surface area contributed by atoms with E-state index < -0.39 is 0 Å². The van der Waals surface area contributed by atoms with E-state index in [1.807, 2.05) is 47.3 Å². The summed E-state index contributed by atoms with van der Waals surface area (Å²) >= 11 is 0. The quantitative estimate of drug-likeness (QED) is 0.505. The normalized spacial score (nSPS) is 16.6. The Morgan fingerprint density at radius 3 is 2.32 bits per heavy atom. The Morgan fingerprint density at radius 2 is 1.61 bits per heavy atom. The number of aliphatic hydroxyl groups excluding tert-OH is 1. The van der Waals surface area contributed by atoms with Crippen LogP contribution in [-0.2, 0) is 6.54 Å². The lowest BCUT2D eigenvalue weighted by Crippen LogP contribution is -2.21. The van der Waals surface area contributed by atoms with Crippen molar-refractivity contribution < 1.29 is 9.50 Å². The molecule has 0 radical (unpaired) electrons. The summed E-state index contributed by atoms with van der Waals surface area (Å²) in [6.07, 6.45) is 2.29. The molecule has 0 spiro atoms. The Balaban J connectivity index is 1.55. The zero-order valence-corrected chi connectivity index (χ0v) is 17.2. The van der Waals surface area contributed by atoms with E-state index in [1.165, 1.54) is 6.07 Å². The molecule has 0 saturated carbocycles. The highest BCUT2D eigenvalue weighted by Gasteiger charge is 2.24. The number of likely N-dealkylation sites (tertiary alicyclic amines) is 1. The minimum Gasteiger partial charge on any atom is -0.392 e. The molecule has 1 aliphatic rings. The number of nitrogens with zero attached hydrogens (tertiary/aromatic N) is 3. The van der Waals surface area contributed by atoms with Gasteiger partial charge in [-0.05, 0) is 41.8 Å². The molecule has 1 saturated heterocycles. The number of benzene rings is 3. The molecule has 0 bridgehead atoms. The first-order chi connectivity index (χ1) is 15.2. The molecule has 4 aromatic rings. The Morgan fingerprint density at radius 1 is 0.903 bits per heavy atom. The SMILES string of the molecule is OC1CCN(Cc2cnn(-c3ccc(-c4ccccc4)cc3)c2-c2ccccc2F)C1. The van der Waals surface area contributed by atoms with Crippen molar-refractivity contribution >= 4 is 0 Å². The van der Waals surface area contributed by atoms with Crippen LogP contribution < -0.4 is 0 Å². The van der Waals surface area contributed by atoms with Crippen LogP contribution in [0, 0.1) is 5.82 Å². The number of hydrogen-bond acceptors (Lipinski definition) is 3. The smallest absolute Gasteiger partial charge is 0.132 e. The molecule has 0 aliphatic carbocycles. The van der Waals surface area contributed by atoms with E-state index in [0.29, 0.717) is 18.7 Å². The first-order valence-electron chi connectivity index (χ1n) is 10.6. The third-order valence-electron chi connectivity index (χ3n) is 5.83. The van der Waals surface area contributed by atoms with E-state index in [9.17, 15) is 9.50 Å². The van der Waals surface area contributed by atoms with Gasteiger partial charge in [-0.1, -0.05) is 54.6 Å². The van der Waals surface area contributed by atoms with E-state index in [-0.39, 0.29) is 11.9 Å². The Hall–Kier alpha value is -3.28. The van der Waals surface area contributed by atoms with Crippen molar-refractivity contribution in [3.8, 4) is 28.1 Å². The summed E-state index contributed by atoms with van der Waals surface area (Å²) in [6, 6.07) is 25.2. The zero-order valence-electron chi connectivity index (χ0n) is 17.2. The Bertz CT molecular complexity index is 1170. The summed E-state index contributed by atoms with van der Waals surface area (Å²) in [5.41, 5.74) is 5.39. The highest BCUT2D eigenvalue weighted by Crippen LogP contribution is 2.31. The second kappa shape index (κ2) is 8.46. The molecule has 4 nitrogen and oxygen atoms in total. The standard InChI is InChI=1S/C26H24FN3O/c27-25-9-5-4-8-24(25)26-21(17-29-15-14-23(31)18-29)16-28-30(26)22-12-10-20(11-13-22)19-6-2-1-3-7-19/h1-13,16,23,31H,14-15,17-18H2. The van der Waals surface area contributed by atoms with Crippen LogP contribution in [0.25, 0.3) is 28.1 Å². The predicted molar refractivity (Wildman–Crippen MR) is 120 cm³/mol. The second-order valence-corrected chi connectivity index (χ2v) is 8.00. The fourth-order valence-electron chi connectivity index (χ4n) is 4.26. The fourth-order valence-corrected chi connectivity index (χ4v) is 4.26. The second-order valence-electron chi connectivity index (χ2n) is 8.00. The average molecular weight is 413 g/mol. The van der Waals surface area contributed by atoms with Gasteiger partial charge in [0.2, 0.25) is 0 Å². The lowest BCUT2D eigenvalue weighted by molar-refractivity contribution is 0.175. The van der Waals surface area contributed by atoms with Gasteiger partial charge in [-0.25, -0.2) is 9.07 Å². The molecule has 1 fully saturated rings. The molecule has 156 valence electrons. The number of halogens is 1. The van der Waals surface area contributed by atoms with Gasteiger partial charge >= 0.3 is 0 Å². The first kappa shape index (κ1) is 19.7. The molecule has 1 aromatic heterocycles. The molecule has 31 heavy (non-hydrogen) atoms. The van der Waals surface area contributed by atoms with Crippen LogP contribution in [0.3, 0.4) is 0 Å². The van der Waals surface area contributed by atoms with Crippen LogP contribution in [0.2, 0.25) is 0 Å². The first-order valence-corrected chi connectivity index (χ1v) is 10.6. The van der Waals surface area contributed by atoms with Gasteiger partial charge in [0.05, 0.1) is 23.7 Å². The van der Waals surface area contributed by atoms with Gasteiger partial charge in [0.15, 0.2) is 0 Å². The van der Waals surface area contributed by atoms with Crippen molar-refractivity contribution in [3.05, 3.63) is 96.4 Å². The van der Waals surface area contributed by atoms with E-state index >= 15 is 0 Å². The molecule has 2 heterocycles. The molecular weight excluding hydrogens is 389 g/mol. The van der Waals surface area contributed by atoms with Gasteiger partial charge < -0.3 is 5.11 Å². The number of β-amino-alcohol motifs (C(OH)–C–C–N with tert-alkyl or cyclic N) is 1. The maximum atomic E-state index is 14.8. The summed E-state index contributed by atoms with van der Waals surface area (Å²) in [5, 5.41) is 14.5. The molecule has 5 rings (SSSR count). The van der Waals surface area contributed by atoms with E-state index in [4.69, 9.17) is 0 Å². The van der Waals surface area contributed by atoms with Gasteiger partial charge in [-0.2, -0.15) is 5.10 Å². The maximum Gasteiger partial charge on any atom is 0.132 e. The van der Waals surface area contributed by atoms with Crippen molar-refractivity contribution in [2.45, 2.75) is 19.1 Å². The molecule has 1 N–H and O–H groups in total. The van der Waals surface area contributed by atoms with Gasteiger partial charge in [0.25, 0.3) is 0 Å². The molecule has 1 aliphatic heterocycles. The van der Waals surface area contributed by atoms with Crippen molar-refractivity contribution in [1.82, 2.24) is 14.7 Å². The number of hydrogen-bond donors (Lipinski definition) is 1. The van der Waals surface area contributed by atoms with E-state index in [0.717, 1.165) is 41.0 Å². The highest BCUT2D eigenvalue weighted by molar-refractivity contribution is 5.68. The average Bonchev–Trinajstić information content (AvgIpc) is 3.41. The fraction of sp³-hybridized carbons (Fsp3) is 0.192. The highest BCUT2D eigenvalue weighted by atomic mass is 19.1. The van der Waals surface area contributed by atoms with Crippen LogP contribution in [0.4, 0.5) is 4.39 Å². The molecule has 1 unspecified atom stereocenters.